The first-order valence-electron chi connectivity index (χ1n) is 7.03. The van der Waals surface area contributed by atoms with Crippen molar-refractivity contribution in [3.8, 4) is 0 Å². The maximum atomic E-state index is 12.5. The molecule has 2 heterocycles. The van der Waals surface area contributed by atoms with Crippen molar-refractivity contribution in [3.63, 3.8) is 0 Å². The molecule has 1 aromatic heterocycles. The largest absolute Gasteiger partial charge is 0.269 e. The van der Waals surface area contributed by atoms with E-state index >= 15 is 0 Å². The van der Waals surface area contributed by atoms with Crippen molar-refractivity contribution in [1.82, 2.24) is 19.3 Å². The summed E-state index contributed by atoms with van der Waals surface area (Å²) in [7, 11) is -3.78. The van der Waals surface area contributed by atoms with Crippen molar-refractivity contribution in [2.45, 2.75) is 11.4 Å². The predicted molar refractivity (Wildman–Crippen MR) is 82.2 cm³/mol. The Morgan fingerprint density at radius 3 is 2.52 bits per heavy atom. The fourth-order valence-corrected chi connectivity index (χ4v) is 4.28. The molecular formula is C15H12N4O3S. The van der Waals surface area contributed by atoms with Gasteiger partial charge in [0.05, 0.1) is 24.2 Å². The number of aromatic nitrogens is 3. The lowest BCUT2D eigenvalue weighted by molar-refractivity contribution is 0.0867. The van der Waals surface area contributed by atoms with Crippen molar-refractivity contribution in [2.75, 3.05) is 6.54 Å². The summed E-state index contributed by atoms with van der Waals surface area (Å²) in [5, 5.41) is 8.03. The first-order chi connectivity index (χ1) is 11.1. The Morgan fingerprint density at radius 2 is 1.70 bits per heavy atom. The number of carbonyl (C=O) groups is 1. The zero-order valence-electron chi connectivity index (χ0n) is 12.0. The molecule has 0 fully saturated rings. The minimum atomic E-state index is -3.78. The quantitative estimate of drug-likeness (QED) is 0.723. The molecule has 0 radical (unpaired) electrons. The lowest BCUT2D eigenvalue weighted by Gasteiger charge is -2.14. The van der Waals surface area contributed by atoms with Crippen molar-refractivity contribution in [1.29, 1.82) is 0 Å². The number of para-hydroxylation sites is 1. The van der Waals surface area contributed by atoms with E-state index < -0.39 is 15.9 Å². The van der Waals surface area contributed by atoms with E-state index in [9.17, 15) is 13.2 Å². The lowest BCUT2D eigenvalue weighted by atomic mass is 10.2. The van der Waals surface area contributed by atoms with Gasteiger partial charge in [-0.05, 0) is 24.3 Å². The summed E-state index contributed by atoms with van der Waals surface area (Å²) < 4.78 is 27.5. The van der Waals surface area contributed by atoms with Crippen LogP contribution in [0.5, 0.6) is 0 Å². The first kappa shape index (κ1) is 13.9. The molecule has 0 atom stereocenters. The van der Waals surface area contributed by atoms with E-state index in [0.29, 0.717) is 0 Å². The van der Waals surface area contributed by atoms with E-state index in [1.165, 1.54) is 12.1 Å². The second-order valence-electron chi connectivity index (χ2n) is 5.18. The minimum absolute atomic E-state index is 0.0171. The van der Waals surface area contributed by atoms with Gasteiger partial charge in [-0.1, -0.05) is 29.5 Å². The van der Waals surface area contributed by atoms with Crippen molar-refractivity contribution >= 4 is 27.0 Å². The number of hydrogen-bond donors (Lipinski definition) is 0. The second kappa shape index (κ2) is 4.88. The second-order valence-corrected chi connectivity index (χ2v) is 7.01. The van der Waals surface area contributed by atoms with Crippen molar-refractivity contribution < 1.29 is 13.2 Å². The van der Waals surface area contributed by atoms with Crippen LogP contribution in [0.3, 0.4) is 0 Å². The molecule has 1 aliphatic heterocycles. The molecule has 23 heavy (non-hydrogen) atoms. The van der Waals surface area contributed by atoms with Gasteiger partial charge in [-0.3, -0.25) is 4.79 Å². The van der Waals surface area contributed by atoms with Gasteiger partial charge in [0.1, 0.15) is 10.4 Å². The molecule has 0 saturated carbocycles. The molecule has 2 aromatic carbocycles. The topological polar surface area (TPSA) is 85.2 Å². The molecule has 1 aliphatic rings. The standard InChI is InChI=1S/C15H12N4O3S/c20-15-11-5-1-4-8-14(11)23(21,22)19(15)10-9-18-13-7-3-2-6-12(13)16-17-18/h1-8H,9-10H2. The Morgan fingerprint density at radius 1 is 0.957 bits per heavy atom. The van der Waals surface area contributed by atoms with Gasteiger partial charge in [0.15, 0.2) is 0 Å². The minimum Gasteiger partial charge on any atom is -0.268 e. The molecule has 7 nitrogen and oxygen atoms in total. The van der Waals surface area contributed by atoms with Gasteiger partial charge in [-0.15, -0.1) is 5.10 Å². The van der Waals surface area contributed by atoms with Crippen LogP contribution in [0.1, 0.15) is 10.4 Å². The van der Waals surface area contributed by atoms with Crippen LogP contribution < -0.4 is 0 Å². The van der Waals surface area contributed by atoms with E-state index in [2.05, 4.69) is 10.3 Å². The maximum Gasteiger partial charge on any atom is 0.269 e. The van der Waals surface area contributed by atoms with Gasteiger partial charge in [0.2, 0.25) is 0 Å². The van der Waals surface area contributed by atoms with Crippen molar-refractivity contribution in [3.05, 3.63) is 54.1 Å². The molecule has 116 valence electrons. The van der Waals surface area contributed by atoms with Crippen LogP contribution in [0.2, 0.25) is 0 Å². The van der Waals surface area contributed by atoms with Crippen LogP contribution in [0.15, 0.2) is 53.4 Å². The fourth-order valence-electron chi connectivity index (χ4n) is 2.72. The van der Waals surface area contributed by atoms with E-state index in [0.717, 1.165) is 15.3 Å². The highest BCUT2D eigenvalue weighted by Crippen LogP contribution is 2.29. The Balaban J connectivity index is 1.64. The summed E-state index contributed by atoms with van der Waals surface area (Å²) in [6.45, 7) is 0.267. The number of sulfonamides is 1. The number of hydrogen-bond acceptors (Lipinski definition) is 5. The van der Waals surface area contributed by atoms with E-state index in [1.54, 1.807) is 16.8 Å². The fraction of sp³-hybridized carbons (Fsp3) is 0.133. The van der Waals surface area contributed by atoms with Crippen LogP contribution in [0.25, 0.3) is 11.0 Å². The van der Waals surface area contributed by atoms with Gasteiger partial charge < -0.3 is 0 Å². The number of amides is 1. The summed E-state index contributed by atoms with van der Waals surface area (Å²) in [5.74, 6) is -0.495. The summed E-state index contributed by atoms with van der Waals surface area (Å²) in [6, 6.07) is 13.6. The zero-order chi connectivity index (χ0) is 16.0. The molecule has 0 aliphatic carbocycles. The van der Waals surface area contributed by atoms with Crippen LogP contribution in [-0.2, 0) is 16.6 Å². The molecular weight excluding hydrogens is 316 g/mol. The van der Waals surface area contributed by atoms with Gasteiger partial charge in [0, 0.05) is 0 Å². The summed E-state index contributed by atoms with van der Waals surface area (Å²) in [6.07, 6.45) is 0. The molecule has 1 amide bonds. The average Bonchev–Trinajstić information content (AvgIpc) is 3.05. The Bertz CT molecular complexity index is 1030. The van der Waals surface area contributed by atoms with Gasteiger partial charge >= 0.3 is 0 Å². The third kappa shape index (κ3) is 2.02. The summed E-state index contributed by atoms with van der Waals surface area (Å²) >= 11 is 0. The predicted octanol–water partition coefficient (Wildman–Crippen LogP) is 1.28. The number of carbonyl (C=O) groups excluding carboxylic acids is 1. The highest BCUT2D eigenvalue weighted by Gasteiger charge is 2.40. The molecule has 8 heteroatoms. The maximum absolute atomic E-state index is 12.5. The lowest BCUT2D eigenvalue weighted by Crippen LogP contribution is -2.33. The van der Waals surface area contributed by atoms with E-state index in [-0.39, 0.29) is 23.5 Å². The summed E-state index contributed by atoms with van der Waals surface area (Å²) in [5.41, 5.74) is 1.75. The molecule has 0 saturated heterocycles. The molecule has 4 rings (SSSR count). The Labute approximate surface area is 132 Å². The monoisotopic (exact) mass is 328 g/mol. The number of nitrogens with zero attached hydrogens (tertiary/aromatic N) is 4. The van der Waals surface area contributed by atoms with Gasteiger partial charge in [-0.2, -0.15) is 0 Å². The molecule has 0 spiro atoms. The molecule has 3 aromatic rings. The average molecular weight is 328 g/mol. The number of fused-ring (bicyclic) bond motifs is 2. The van der Waals surface area contributed by atoms with E-state index in [4.69, 9.17) is 0 Å². The SMILES string of the molecule is O=C1c2ccccc2S(=O)(=O)N1CCn1nnc2ccccc21. The molecule has 0 bridgehead atoms. The summed E-state index contributed by atoms with van der Waals surface area (Å²) in [4.78, 5) is 12.4. The smallest absolute Gasteiger partial charge is 0.268 e. The molecule has 0 N–H and O–H groups in total. The first-order valence-corrected chi connectivity index (χ1v) is 8.47. The number of rotatable bonds is 3. The van der Waals surface area contributed by atoms with E-state index in [1.807, 2.05) is 24.3 Å². The van der Waals surface area contributed by atoms with Crippen LogP contribution in [-0.4, -0.2) is 40.2 Å². The van der Waals surface area contributed by atoms with Crippen LogP contribution in [0.4, 0.5) is 0 Å². The Hall–Kier alpha value is -2.74. The van der Waals surface area contributed by atoms with Gasteiger partial charge in [0.25, 0.3) is 15.9 Å². The third-order valence-electron chi connectivity index (χ3n) is 3.85. The molecule has 0 unspecified atom stereocenters. The van der Waals surface area contributed by atoms with Gasteiger partial charge in [-0.25, -0.2) is 17.4 Å². The van der Waals surface area contributed by atoms with Crippen LogP contribution in [0, 0.1) is 0 Å². The number of benzene rings is 2. The third-order valence-corrected chi connectivity index (χ3v) is 5.69. The normalized spacial score (nSPS) is 16.0. The highest BCUT2D eigenvalue weighted by atomic mass is 32.2. The Kier molecular flexibility index (Phi) is 2.95. The van der Waals surface area contributed by atoms with Crippen molar-refractivity contribution in [2.24, 2.45) is 0 Å². The zero-order valence-corrected chi connectivity index (χ0v) is 12.8. The highest BCUT2D eigenvalue weighted by molar-refractivity contribution is 7.90. The van der Waals surface area contributed by atoms with Crippen LogP contribution >= 0.6 is 0 Å².